The highest BCUT2D eigenvalue weighted by Crippen LogP contribution is 2.21. The van der Waals surface area contributed by atoms with Crippen LogP contribution in [0, 0.1) is 0 Å². The summed E-state index contributed by atoms with van der Waals surface area (Å²) in [6.07, 6.45) is 6.80. The van der Waals surface area contributed by atoms with Gasteiger partial charge in [-0.1, -0.05) is 19.4 Å². The number of rotatable bonds is 11. The molecule has 182 valence electrons. The highest BCUT2D eigenvalue weighted by atomic mass is 16.6. The van der Waals surface area contributed by atoms with Gasteiger partial charge in [0.05, 0.1) is 12.0 Å². The van der Waals surface area contributed by atoms with Crippen molar-refractivity contribution < 1.29 is 14.3 Å². The second-order valence-electron chi connectivity index (χ2n) is 9.70. The number of imidazole rings is 1. The number of pyridine rings is 1. The molecular formula is C24H38N6O3. The Bertz CT molecular complexity index is 889. The molecule has 0 saturated heterocycles. The van der Waals surface area contributed by atoms with Crippen LogP contribution in [0.15, 0.2) is 36.9 Å². The number of amides is 2. The molecule has 9 nitrogen and oxygen atoms in total. The molecule has 0 aliphatic heterocycles. The fourth-order valence-corrected chi connectivity index (χ4v) is 3.18. The molecule has 0 radical (unpaired) electrons. The van der Waals surface area contributed by atoms with E-state index in [-0.39, 0.29) is 11.4 Å². The fraction of sp³-hybridized carbons (Fsp3) is 0.583. The number of alkyl carbamates (subject to hydrolysis) is 1. The van der Waals surface area contributed by atoms with Crippen LogP contribution in [-0.4, -0.2) is 44.7 Å². The van der Waals surface area contributed by atoms with Crippen molar-refractivity contribution in [2.24, 2.45) is 0 Å². The summed E-state index contributed by atoms with van der Waals surface area (Å²) in [4.78, 5) is 33.5. The number of hydrogen-bond acceptors (Lipinski definition) is 6. The molecule has 2 aromatic heterocycles. The van der Waals surface area contributed by atoms with Crippen molar-refractivity contribution in [1.29, 1.82) is 0 Å². The minimum absolute atomic E-state index is 0.204. The maximum Gasteiger partial charge on any atom is 0.408 e. The Morgan fingerprint density at radius 3 is 2.55 bits per heavy atom. The van der Waals surface area contributed by atoms with E-state index in [1.165, 1.54) is 0 Å². The Hall–Kier alpha value is -2.94. The fourth-order valence-electron chi connectivity index (χ4n) is 3.18. The van der Waals surface area contributed by atoms with Gasteiger partial charge in [0.2, 0.25) is 5.91 Å². The summed E-state index contributed by atoms with van der Waals surface area (Å²) < 4.78 is 7.27. The van der Waals surface area contributed by atoms with E-state index in [0.29, 0.717) is 18.8 Å². The second-order valence-corrected chi connectivity index (χ2v) is 9.70. The van der Waals surface area contributed by atoms with Gasteiger partial charge < -0.3 is 25.3 Å². The van der Waals surface area contributed by atoms with Gasteiger partial charge in [-0.25, -0.2) is 9.78 Å². The van der Waals surface area contributed by atoms with Crippen LogP contribution in [0.5, 0.6) is 0 Å². The smallest absolute Gasteiger partial charge is 0.408 e. The van der Waals surface area contributed by atoms with E-state index in [1.807, 2.05) is 35.9 Å². The van der Waals surface area contributed by atoms with Crippen LogP contribution >= 0.6 is 0 Å². The molecule has 9 heteroatoms. The molecule has 0 saturated carbocycles. The highest BCUT2D eigenvalue weighted by Gasteiger charge is 2.25. The summed E-state index contributed by atoms with van der Waals surface area (Å²) in [6.45, 7) is 13.1. The third kappa shape index (κ3) is 9.21. The molecule has 0 aliphatic carbocycles. The Balaban J connectivity index is 1.89. The molecular weight excluding hydrogens is 420 g/mol. The Morgan fingerprint density at radius 2 is 1.91 bits per heavy atom. The predicted octanol–water partition coefficient (Wildman–Crippen LogP) is 3.83. The Kier molecular flexibility index (Phi) is 9.40. The zero-order valence-corrected chi connectivity index (χ0v) is 20.6. The first kappa shape index (κ1) is 26.3. The van der Waals surface area contributed by atoms with Gasteiger partial charge in [-0.2, -0.15) is 0 Å². The molecule has 0 bridgehead atoms. The summed E-state index contributed by atoms with van der Waals surface area (Å²) in [5, 5.41) is 8.88. The molecule has 0 aliphatic rings. The third-order valence-electron chi connectivity index (χ3n) is 5.06. The molecule has 1 atom stereocenters. The Labute approximate surface area is 196 Å². The molecule has 0 fully saturated rings. The third-order valence-corrected chi connectivity index (χ3v) is 5.06. The summed E-state index contributed by atoms with van der Waals surface area (Å²) in [5.74, 6) is 0.129. The van der Waals surface area contributed by atoms with Gasteiger partial charge >= 0.3 is 6.09 Å². The molecule has 0 spiro atoms. The van der Waals surface area contributed by atoms with Crippen molar-refractivity contribution in [3.8, 4) is 0 Å². The van der Waals surface area contributed by atoms with E-state index in [1.54, 1.807) is 33.3 Å². The van der Waals surface area contributed by atoms with Crippen molar-refractivity contribution in [2.75, 3.05) is 11.9 Å². The molecule has 33 heavy (non-hydrogen) atoms. The molecule has 2 aromatic rings. The number of nitrogens with zero attached hydrogens (tertiary/aromatic N) is 3. The first-order valence-electron chi connectivity index (χ1n) is 11.5. The average Bonchev–Trinajstić information content (AvgIpc) is 3.20. The minimum Gasteiger partial charge on any atom is -0.444 e. The molecule has 2 amide bonds. The van der Waals surface area contributed by atoms with Gasteiger partial charge in [-0.3, -0.25) is 9.78 Å². The number of hydrogen-bond donors (Lipinski definition) is 3. The van der Waals surface area contributed by atoms with Crippen molar-refractivity contribution in [2.45, 2.75) is 84.5 Å². The predicted molar refractivity (Wildman–Crippen MR) is 129 cm³/mol. The van der Waals surface area contributed by atoms with Crippen LogP contribution in [0.2, 0.25) is 0 Å². The highest BCUT2D eigenvalue weighted by molar-refractivity contribution is 5.95. The van der Waals surface area contributed by atoms with Crippen molar-refractivity contribution in [3.05, 3.63) is 42.6 Å². The zero-order valence-electron chi connectivity index (χ0n) is 20.6. The maximum absolute atomic E-state index is 12.8. The Morgan fingerprint density at radius 1 is 1.15 bits per heavy atom. The van der Waals surface area contributed by atoms with Gasteiger partial charge in [-0.05, 0) is 66.1 Å². The molecule has 1 unspecified atom stereocenters. The van der Waals surface area contributed by atoms with E-state index in [9.17, 15) is 9.59 Å². The monoisotopic (exact) mass is 458 g/mol. The first-order chi connectivity index (χ1) is 15.5. The lowest BCUT2D eigenvalue weighted by Gasteiger charge is -2.26. The lowest BCUT2D eigenvalue weighted by molar-refractivity contribution is -0.118. The van der Waals surface area contributed by atoms with Gasteiger partial charge in [0, 0.05) is 24.5 Å². The number of nitrogens with one attached hydrogen (secondary N) is 3. The van der Waals surface area contributed by atoms with E-state index in [0.717, 1.165) is 25.1 Å². The van der Waals surface area contributed by atoms with Gasteiger partial charge in [-0.15, -0.1) is 0 Å². The molecule has 2 heterocycles. The van der Waals surface area contributed by atoms with Crippen molar-refractivity contribution in [3.63, 3.8) is 0 Å². The summed E-state index contributed by atoms with van der Waals surface area (Å²) in [6, 6.07) is 5.18. The lowest BCUT2D eigenvalue weighted by atomic mass is 10.0. The van der Waals surface area contributed by atoms with E-state index < -0.39 is 17.7 Å². The van der Waals surface area contributed by atoms with Crippen LogP contribution in [0.4, 0.5) is 10.6 Å². The first-order valence-corrected chi connectivity index (χ1v) is 11.5. The zero-order chi connectivity index (χ0) is 24.5. The normalized spacial score (nSPS) is 12.8. The number of aromatic nitrogens is 3. The standard InChI is InChI=1S/C24H38N6O3/c1-7-10-19(28-22(32)33-23(2,3)4)21(31)29-20-16-30(17-27-20)24(5,6)12-14-25-15-18-11-8-9-13-26-18/h8-9,11,13,16-17,19,25H,7,10,12,14-15H2,1-6H3,(H,28,32)(H,29,31). The van der Waals surface area contributed by atoms with E-state index in [4.69, 9.17) is 4.74 Å². The van der Waals surface area contributed by atoms with Crippen LogP contribution in [0.25, 0.3) is 0 Å². The topological polar surface area (TPSA) is 110 Å². The summed E-state index contributed by atoms with van der Waals surface area (Å²) in [5.41, 5.74) is 0.170. The van der Waals surface area contributed by atoms with Gasteiger partial charge in [0.1, 0.15) is 11.6 Å². The van der Waals surface area contributed by atoms with Crippen molar-refractivity contribution in [1.82, 2.24) is 25.2 Å². The maximum atomic E-state index is 12.8. The van der Waals surface area contributed by atoms with Crippen LogP contribution < -0.4 is 16.0 Å². The van der Waals surface area contributed by atoms with E-state index >= 15 is 0 Å². The molecule has 0 aromatic carbocycles. The largest absolute Gasteiger partial charge is 0.444 e. The lowest BCUT2D eigenvalue weighted by Crippen LogP contribution is -2.45. The number of carbonyl (C=O) groups excluding carboxylic acids is 2. The number of anilines is 1. The van der Waals surface area contributed by atoms with Gasteiger partial charge in [0.15, 0.2) is 5.82 Å². The molecule has 3 N–H and O–H groups in total. The van der Waals surface area contributed by atoms with E-state index in [2.05, 4.69) is 39.8 Å². The second kappa shape index (κ2) is 11.8. The molecule has 2 rings (SSSR count). The van der Waals surface area contributed by atoms with Crippen LogP contribution in [-0.2, 0) is 21.6 Å². The van der Waals surface area contributed by atoms with Crippen LogP contribution in [0.1, 0.15) is 66.5 Å². The summed E-state index contributed by atoms with van der Waals surface area (Å²) >= 11 is 0. The van der Waals surface area contributed by atoms with Crippen molar-refractivity contribution >= 4 is 17.8 Å². The summed E-state index contributed by atoms with van der Waals surface area (Å²) in [7, 11) is 0. The quantitative estimate of drug-likeness (QED) is 0.442. The number of carbonyl (C=O) groups is 2. The number of ether oxygens (including phenoxy) is 1. The van der Waals surface area contributed by atoms with Crippen LogP contribution in [0.3, 0.4) is 0 Å². The SMILES string of the molecule is CCCC(NC(=O)OC(C)(C)C)C(=O)Nc1cn(C(C)(C)CCNCc2ccccn2)cn1. The minimum atomic E-state index is -0.696. The average molecular weight is 459 g/mol. The van der Waals surface area contributed by atoms with Gasteiger partial charge in [0.25, 0.3) is 0 Å².